The fourth-order valence-electron chi connectivity index (χ4n) is 8.46. The van der Waals surface area contributed by atoms with Crippen LogP contribution in [0.4, 0.5) is 0 Å². The summed E-state index contributed by atoms with van der Waals surface area (Å²) in [6.07, 6.45) is 1.64. The summed E-state index contributed by atoms with van der Waals surface area (Å²) in [5.74, 6) is 1.30. The fourth-order valence-corrected chi connectivity index (χ4v) is 18.0. The van der Waals surface area contributed by atoms with E-state index in [4.69, 9.17) is 15.0 Å². The van der Waals surface area contributed by atoms with Crippen molar-refractivity contribution in [2.45, 2.75) is 0 Å². The van der Waals surface area contributed by atoms with Crippen LogP contribution >= 0.6 is 0 Å². The lowest BCUT2D eigenvalue weighted by atomic mass is 10.2. The molecule has 5 heteroatoms. The third kappa shape index (κ3) is 6.23. The van der Waals surface area contributed by atoms with Crippen molar-refractivity contribution in [2.24, 2.45) is 0 Å². The maximum atomic E-state index is 5.13. The molecule has 0 saturated heterocycles. The molecular formula is C51H39N3Si2. The Balaban J connectivity index is 1.15. The molecule has 0 bridgehead atoms. The van der Waals surface area contributed by atoms with E-state index in [1.54, 1.807) is 6.33 Å². The predicted molar refractivity (Wildman–Crippen MR) is 238 cm³/mol. The summed E-state index contributed by atoms with van der Waals surface area (Å²) in [6, 6.07) is 83.7. The molecule has 0 unspecified atom stereocenters. The molecule has 0 N–H and O–H groups in total. The van der Waals surface area contributed by atoms with Crippen molar-refractivity contribution in [2.75, 3.05) is 0 Å². The number of nitrogens with zero attached hydrogens (tertiary/aromatic N) is 3. The van der Waals surface area contributed by atoms with Gasteiger partial charge in [0, 0.05) is 11.1 Å². The Morgan fingerprint density at radius 3 is 0.929 bits per heavy atom. The van der Waals surface area contributed by atoms with Crippen molar-refractivity contribution >= 4 is 57.6 Å². The molecule has 0 amide bonds. The van der Waals surface area contributed by atoms with Crippen LogP contribution in [0.25, 0.3) is 22.8 Å². The monoisotopic (exact) mass is 749 g/mol. The highest BCUT2D eigenvalue weighted by Crippen LogP contribution is 2.21. The second-order valence-electron chi connectivity index (χ2n) is 14.0. The maximum Gasteiger partial charge on any atom is 0.179 e. The minimum absolute atomic E-state index is 0.649. The smallest absolute Gasteiger partial charge is 0.179 e. The summed E-state index contributed by atoms with van der Waals surface area (Å²) >= 11 is 0. The molecule has 0 aliphatic rings. The predicted octanol–water partition coefficient (Wildman–Crippen LogP) is 5.96. The summed E-state index contributed by atoms with van der Waals surface area (Å²) in [5.41, 5.74) is 1.92. The molecule has 1 heterocycles. The van der Waals surface area contributed by atoms with E-state index in [1.165, 1.54) is 41.5 Å². The van der Waals surface area contributed by atoms with Crippen LogP contribution in [-0.4, -0.2) is 31.1 Å². The Morgan fingerprint density at radius 2 is 0.554 bits per heavy atom. The van der Waals surface area contributed by atoms with Gasteiger partial charge in [-0.25, -0.2) is 15.0 Å². The number of rotatable bonds is 10. The Kier molecular flexibility index (Phi) is 9.68. The van der Waals surface area contributed by atoms with Crippen molar-refractivity contribution in [3.63, 3.8) is 0 Å². The normalized spacial score (nSPS) is 11.6. The number of aromatic nitrogens is 3. The summed E-state index contributed by atoms with van der Waals surface area (Å²) in [4.78, 5) is 14.6. The molecule has 0 atom stereocenters. The van der Waals surface area contributed by atoms with E-state index in [0.29, 0.717) is 11.6 Å². The molecule has 1 aromatic heterocycles. The van der Waals surface area contributed by atoms with Gasteiger partial charge in [-0.05, 0) is 41.5 Å². The molecule has 9 rings (SSSR count). The molecular weight excluding hydrogens is 711 g/mol. The van der Waals surface area contributed by atoms with E-state index in [1.807, 2.05) is 0 Å². The molecule has 0 spiro atoms. The van der Waals surface area contributed by atoms with Gasteiger partial charge < -0.3 is 0 Å². The lowest BCUT2D eigenvalue weighted by Crippen LogP contribution is -2.74. The van der Waals surface area contributed by atoms with Crippen LogP contribution in [0.15, 0.2) is 237 Å². The Labute approximate surface area is 330 Å². The number of hydrogen-bond donors (Lipinski definition) is 0. The SMILES string of the molecule is c1ccc([Si](c2ccccc2)(c2ccccc2)c2ccc(-c3ncnc(-c4cccc([Si](c5ccccc5)(c5ccccc5)c5ccccc5)c4)n3)cc2)cc1. The summed E-state index contributed by atoms with van der Waals surface area (Å²) in [7, 11) is -5.36. The highest BCUT2D eigenvalue weighted by Gasteiger charge is 2.42. The van der Waals surface area contributed by atoms with E-state index in [-0.39, 0.29) is 0 Å². The highest BCUT2D eigenvalue weighted by molar-refractivity contribution is 7.20. The third-order valence-electron chi connectivity index (χ3n) is 10.9. The zero-order chi connectivity index (χ0) is 37.6. The van der Waals surface area contributed by atoms with E-state index in [9.17, 15) is 0 Å². The number of benzene rings is 8. The Morgan fingerprint density at radius 1 is 0.250 bits per heavy atom. The molecule has 0 aliphatic carbocycles. The van der Waals surface area contributed by atoms with Gasteiger partial charge in [-0.3, -0.25) is 0 Å². The van der Waals surface area contributed by atoms with E-state index in [0.717, 1.165) is 11.1 Å². The van der Waals surface area contributed by atoms with Crippen LogP contribution in [0.3, 0.4) is 0 Å². The molecule has 0 radical (unpaired) electrons. The second-order valence-corrected chi connectivity index (χ2v) is 21.6. The van der Waals surface area contributed by atoms with Gasteiger partial charge >= 0.3 is 0 Å². The first-order valence-electron chi connectivity index (χ1n) is 19.0. The van der Waals surface area contributed by atoms with Gasteiger partial charge in [0.15, 0.2) is 27.8 Å². The lowest BCUT2D eigenvalue weighted by Gasteiger charge is -2.34. The summed E-state index contributed by atoms with van der Waals surface area (Å²) < 4.78 is 0. The van der Waals surface area contributed by atoms with Crippen LogP contribution in [0.1, 0.15) is 0 Å². The highest BCUT2D eigenvalue weighted by atomic mass is 28.3. The van der Waals surface area contributed by atoms with Crippen LogP contribution in [0.2, 0.25) is 0 Å². The first-order valence-corrected chi connectivity index (χ1v) is 23.0. The largest absolute Gasteiger partial charge is 0.217 e. The van der Waals surface area contributed by atoms with Crippen LogP contribution in [-0.2, 0) is 0 Å². The maximum absolute atomic E-state index is 5.13. The molecule has 266 valence electrons. The molecule has 0 saturated carbocycles. The summed E-state index contributed by atoms with van der Waals surface area (Å²) in [6.45, 7) is 0. The van der Waals surface area contributed by atoms with Crippen molar-refractivity contribution in [3.8, 4) is 22.8 Å². The van der Waals surface area contributed by atoms with Gasteiger partial charge in [0.25, 0.3) is 0 Å². The topological polar surface area (TPSA) is 38.7 Å². The Hall–Kier alpha value is -6.80. The fraction of sp³-hybridized carbons (Fsp3) is 0. The molecule has 8 aromatic carbocycles. The van der Waals surface area contributed by atoms with Crippen LogP contribution in [0, 0.1) is 0 Å². The van der Waals surface area contributed by atoms with Crippen molar-refractivity contribution in [1.29, 1.82) is 0 Å². The number of hydrogen-bond acceptors (Lipinski definition) is 3. The minimum atomic E-state index is -2.72. The molecule has 3 nitrogen and oxygen atoms in total. The third-order valence-corrected chi connectivity index (χ3v) is 20.5. The first-order chi connectivity index (χ1) is 27.8. The first kappa shape index (κ1) is 34.9. The average molecular weight is 750 g/mol. The van der Waals surface area contributed by atoms with Gasteiger partial charge in [-0.15, -0.1) is 0 Å². The second kappa shape index (κ2) is 15.5. The van der Waals surface area contributed by atoms with Gasteiger partial charge in [0.2, 0.25) is 0 Å². The molecule has 9 aromatic rings. The van der Waals surface area contributed by atoms with Gasteiger partial charge in [-0.1, -0.05) is 231 Å². The quantitative estimate of drug-likeness (QED) is 0.128. The molecule has 0 aliphatic heterocycles. The van der Waals surface area contributed by atoms with Crippen LogP contribution < -0.4 is 41.5 Å². The minimum Gasteiger partial charge on any atom is -0.217 e. The average Bonchev–Trinajstić information content (AvgIpc) is 3.30. The van der Waals surface area contributed by atoms with Gasteiger partial charge in [-0.2, -0.15) is 0 Å². The standard InChI is InChI=1S/C51H39N3Si2/c1-7-21-42(22-8-1)55(43-23-9-2-10-24-43,44-25-11-3-12-26-44)48-36-34-40(35-37-48)50-52-39-53-51(54-50)41-20-19-33-49(38-41)56(45-27-13-4-14-28-45,46-29-15-5-16-30-46)47-31-17-6-18-32-47/h1-39H. The van der Waals surface area contributed by atoms with E-state index in [2.05, 4.69) is 231 Å². The van der Waals surface area contributed by atoms with E-state index >= 15 is 0 Å². The van der Waals surface area contributed by atoms with Gasteiger partial charge in [0.05, 0.1) is 0 Å². The summed E-state index contributed by atoms with van der Waals surface area (Å²) in [5, 5.41) is 10.6. The van der Waals surface area contributed by atoms with Crippen molar-refractivity contribution in [1.82, 2.24) is 15.0 Å². The lowest BCUT2D eigenvalue weighted by molar-refractivity contribution is 1.07. The van der Waals surface area contributed by atoms with Crippen molar-refractivity contribution in [3.05, 3.63) is 237 Å². The van der Waals surface area contributed by atoms with E-state index < -0.39 is 16.1 Å². The van der Waals surface area contributed by atoms with Crippen LogP contribution in [0.5, 0.6) is 0 Å². The van der Waals surface area contributed by atoms with Crippen molar-refractivity contribution < 1.29 is 0 Å². The molecule has 0 fully saturated rings. The zero-order valence-corrected chi connectivity index (χ0v) is 32.9. The molecule has 56 heavy (non-hydrogen) atoms. The zero-order valence-electron chi connectivity index (χ0n) is 30.9. The Bertz CT molecular complexity index is 2470. The van der Waals surface area contributed by atoms with Gasteiger partial charge in [0.1, 0.15) is 6.33 Å².